The van der Waals surface area contributed by atoms with Crippen molar-refractivity contribution in [2.75, 3.05) is 26.4 Å². The van der Waals surface area contributed by atoms with Crippen molar-refractivity contribution in [1.29, 1.82) is 0 Å². The number of hydrogen-bond acceptors (Lipinski definition) is 3. The average Bonchev–Trinajstić information content (AvgIpc) is 2.34. The first-order valence-electron chi connectivity index (χ1n) is 3.24. The van der Waals surface area contributed by atoms with Gasteiger partial charge < -0.3 is 14.2 Å². The maximum absolute atomic E-state index is 5.11. The fourth-order valence-electron chi connectivity index (χ4n) is 0.718. The van der Waals surface area contributed by atoms with Crippen molar-refractivity contribution in [2.24, 2.45) is 0 Å². The van der Waals surface area contributed by atoms with E-state index in [1.165, 1.54) is 0 Å². The number of ether oxygens (including phenoxy) is 3. The molecule has 1 heterocycles. The van der Waals surface area contributed by atoms with Crippen LogP contribution in [0, 0.1) is 0 Å². The van der Waals surface area contributed by atoms with Crippen molar-refractivity contribution in [3.63, 3.8) is 0 Å². The zero-order valence-corrected chi connectivity index (χ0v) is 5.63. The fourth-order valence-corrected chi connectivity index (χ4v) is 0.718. The Kier molecular flexibility index (Phi) is 2.97. The monoisotopic (exact) mass is 132 g/mol. The van der Waals surface area contributed by atoms with Gasteiger partial charge in [0, 0.05) is 6.61 Å². The van der Waals surface area contributed by atoms with E-state index in [4.69, 9.17) is 14.2 Å². The summed E-state index contributed by atoms with van der Waals surface area (Å²) in [6.45, 7) is 4.66. The molecule has 1 saturated heterocycles. The normalized spacial score (nSPS) is 21.0. The van der Waals surface area contributed by atoms with Crippen LogP contribution in [-0.4, -0.2) is 32.7 Å². The molecule has 0 unspecified atom stereocenters. The molecule has 3 heteroatoms. The summed E-state index contributed by atoms with van der Waals surface area (Å²) in [6, 6.07) is 0. The minimum atomic E-state index is -0.107. The molecule has 0 aromatic heterocycles. The maximum atomic E-state index is 5.11. The number of hydrogen-bond donors (Lipinski definition) is 0. The summed E-state index contributed by atoms with van der Waals surface area (Å²) in [4.78, 5) is 0. The van der Waals surface area contributed by atoms with Gasteiger partial charge in [-0.05, 0) is 6.92 Å². The number of rotatable bonds is 3. The molecule has 0 bridgehead atoms. The van der Waals surface area contributed by atoms with Gasteiger partial charge in [0.25, 0.3) is 0 Å². The van der Waals surface area contributed by atoms with Gasteiger partial charge >= 0.3 is 0 Å². The van der Waals surface area contributed by atoms with E-state index in [9.17, 15) is 0 Å². The smallest absolute Gasteiger partial charge is 0.181 e. The lowest BCUT2D eigenvalue weighted by Crippen LogP contribution is -2.15. The summed E-state index contributed by atoms with van der Waals surface area (Å²) in [6.07, 6.45) is -0.107. The molecule has 1 aliphatic heterocycles. The van der Waals surface area contributed by atoms with E-state index in [1.54, 1.807) is 0 Å². The fraction of sp³-hybridized carbons (Fsp3) is 1.00. The van der Waals surface area contributed by atoms with Gasteiger partial charge in [0.1, 0.15) is 0 Å². The van der Waals surface area contributed by atoms with Crippen LogP contribution in [-0.2, 0) is 14.2 Å². The summed E-state index contributed by atoms with van der Waals surface area (Å²) in [5, 5.41) is 0. The molecule has 9 heavy (non-hydrogen) atoms. The quantitative estimate of drug-likeness (QED) is 0.556. The van der Waals surface area contributed by atoms with E-state index in [1.807, 2.05) is 6.92 Å². The standard InChI is InChI=1S/C6H12O3/c1-2-7-5-6-8-3-4-9-6/h6H,2-5H2,1H3. The van der Waals surface area contributed by atoms with Gasteiger partial charge in [0.15, 0.2) is 6.29 Å². The third kappa shape index (κ3) is 2.30. The second kappa shape index (κ2) is 3.82. The molecule has 0 spiro atoms. The van der Waals surface area contributed by atoms with Crippen molar-refractivity contribution < 1.29 is 14.2 Å². The second-order valence-electron chi connectivity index (χ2n) is 1.83. The Labute approximate surface area is 54.9 Å². The first-order chi connectivity index (χ1) is 4.43. The highest BCUT2D eigenvalue weighted by atomic mass is 16.7. The lowest BCUT2D eigenvalue weighted by molar-refractivity contribution is -0.0921. The van der Waals surface area contributed by atoms with E-state index >= 15 is 0 Å². The average molecular weight is 132 g/mol. The molecule has 3 nitrogen and oxygen atoms in total. The Hall–Kier alpha value is -0.120. The predicted molar refractivity (Wildman–Crippen MR) is 32.2 cm³/mol. The largest absolute Gasteiger partial charge is 0.376 e. The van der Waals surface area contributed by atoms with Gasteiger partial charge in [-0.2, -0.15) is 0 Å². The van der Waals surface area contributed by atoms with E-state index in [0.29, 0.717) is 19.8 Å². The molecule has 0 atom stereocenters. The van der Waals surface area contributed by atoms with Gasteiger partial charge in [0.05, 0.1) is 19.8 Å². The van der Waals surface area contributed by atoms with Gasteiger partial charge in [-0.3, -0.25) is 0 Å². The third-order valence-electron chi connectivity index (χ3n) is 1.15. The summed E-state index contributed by atoms with van der Waals surface area (Å²) < 4.78 is 15.3. The summed E-state index contributed by atoms with van der Waals surface area (Å²) in [5.41, 5.74) is 0. The highest BCUT2D eigenvalue weighted by Gasteiger charge is 2.14. The highest BCUT2D eigenvalue weighted by Crippen LogP contribution is 2.02. The first-order valence-corrected chi connectivity index (χ1v) is 3.24. The molecule has 1 rings (SSSR count). The topological polar surface area (TPSA) is 27.7 Å². The van der Waals surface area contributed by atoms with Gasteiger partial charge in [-0.15, -0.1) is 0 Å². The minimum absolute atomic E-state index is 0.107. The van der Waals surface area contributed by atoms with E-state index < -0.39 is 0 Å². The molecule has 0 aromatic rings. The van der Waals surface area contributed by atoms with E-state index in [0.717, 1.165) is 6.61 Å². The zero-order chi connectivity index (χ0) is 6.53. The van der Waals surface area contributed by atoms with Crippen LogP contribution in [0.4, 0.5) is 0 Å². The van der Waals surface area contributed by atoms with Crippen LogP contribution >= 0.6 is 0 Å². The van der Waals surface area contributed by atoms with Gasteiger partial charge in [-0.25, -0.2) is 0 Å². The van der Waals surface area contributed by atoms with Crippen LogP contribution in [0.15, 0.2) is 0 Å². The molecule has 1 fully saturated rings. The Balaban J connectivity index is 1.98. The summed E-state index contributed by atoms with van der Waals surface area (Å²) in [7, 11) is 0. The Morgan fingerprint density at radius 3 is 2.67 bits per heavy atom. The lowest BCUT2D eigenvalue weighted by atomic mass is 10.7. The second-order valence-corrected chi connectivity index (χ2v) is 1.83. The van der Waals surface area contributed by atoms with Gasteiger partial charge in [0.2, 0.25) is 0 Å². The Bertz CT molecular complexity index is 68.7. The Morgan fingerprint density at radius 1 is 1.44 bits per heavy atom. The van der Waals surface area contributed by atoms with Crippen LogP contribution in [0.5, 0.6) is 0 Å². The van der Waals surface area contributed by atoms with E-state index in [2.05, 4.69) is 0 Å². The van der Waals surface area contributed by atoms with Crippen LogP contribution in [0.25, 0.3) is 0 Å². The molecule has 0 radical (unpaired) electrons. The highest BCUT2D eigenvalue weighted by molar-refractivity contribution is 4.48. The van der Waals surface area contributed by atoms with Crippen molar-refractivity contribution in [1.82, 2.24) is 0 Å². The van der Waals surface area contributed by atoms with Crippen LogP contribution in [0.3, 0.4) is 0 Å². The molecular formula is C6H12O3. The molecule has 1 aliphatic rings. The van der Waals surface area contributed by atoms with Crippen LogP contribution in [0.2, 0.25) is 0 Å². The molecule has 0 N–H and O–H groups in total. The molecule has 0 saturated carbocycles. The molecule has 0 aliphatic carbocycles. The van der Waals surface area contributed by atoms with Gasteiger partial charge in [-0.1, -0.05) is 0 Å². The SMILES string of the molecule is CCOCC1OCCO1. The first kappa shape index (κ1) is 6.99. The van der Waals surface area contributed by atoms with Crippen molar-refractivity contribution >= 4 is 0 Å². The predicted octanol–water partition coefficient (Wildman–Crippen LogP) is 0.396. The van der Waals surface area contributed by atoms with Crippen LogP contribution < -0.4 is 0 Å². The summed E-state index contributed by atoms with van der Waals surface area (Å²) >= 11 is 0. The van der Waals surface area contributed by atoms with Crippen molar-refractivity contribution in [3.8, 4) is 0 Å². The molecule has 54 valence electrons. The van der Waals surface area contributed by atoms with Crippen molar-refractivity contribution in [3.05, 3.63) is 0 Å². The third-order valence-corrected chi connectivity index (χ3v) is 1.15. The van der Waals surface area contributed by atoms with Crippen molar-refractivity contribution in [2.45, 2.75) is 13.2 Å². The molecular weight excluding hydrogens is 120 g/mol. The molecule has 0 amide bonds. The minimum Gasteiger partial charge on any atom is -0.376 e. The molecule has 0 aromatic carbocycles. The van der Waals surface area contributed by atoms with E-state index in [-0.39, 0.29) is 6.29 Å². The summed E-state index contributed by atoms with van der Waals surface area (Å²) in [5.74, 6) is 0. The maximum Gasteiger partial charge on any atom is 0.181 e. The van der Waals surface area contributed by atoms with Crippen LogP contribution in [0.1, 0.15) is 6.92 Å². The Morgan fingerprint density at radius 2 is 2.11 bits per heavy atom. The lowest BCUT2D eigenvalue weighted by Gasteiger charge is -2.06. The zero-order valence-electron chi connectivity index (χ0n) is 5.63.